The van der Waals surface area contributed by atoms with Crippen molar-refractivity contribution in [3.63, 3.8) is 0 Å². The van der Waals surface area contributed by atoms with E-state index in [9.17, 15) is 4.79 Å². The van der Waals surface area contributed by atoms with E-state index in [0.29, 0.717) is 18.3 Å². The maximum atomic E-state index is 11.2. The molecule has 3 nitrogen and oxygen atoms in total. The molecule has 2 aromatic rings. The minimum Gasteiger partial charge on any atom is -0.487 e. The van der Waals surface area contributed by atoms with Crippen molar-refractivity contribution in [1.29, 1.82) is 0 Å². The lowest BCUT2D eigenvalue weighted by molar-refractivity contribution is 0.100. The van der Waals surface area contributed by atoms with Crippen molar-refractivity contribution in [2.24, 2.45) is 11.7 Å². The molecule has 0 aromatic heterocycles. The quantitative estimate of drug-likeness (QED) is 0.806. The highest BCUT2D eigenvalue weighted by Crippen LogP contribution is 2.35. The Bertz CT molecular complexity index is 697. The number of carbonyl (C=O) groups excluding carboxylic acids is 1. The van der Waals surface area contributed by atoms with Gasteiger partial charge in [0, 0.05) is 0 Å². The third-order valence-electron chi connectivity index (χ3n) is 3.37. The molecule has 0 atom stereocenters. The first kappa shape index (κ1) is 17.6. The molecule has 122 valence electrons. The third-order valence-corrected chi connectivity index (χ3v) is 4.24. The van der Waals surface area contributed by atoms with E-state index in [1.165, 1.54) is 11.6 Å². The summed E-state index contributed by atoms with van der Waals surface area (Å²) in [5, 5.41) is 0.309. The molecular weight excluding hydrogens is 333 g/mol. The molecule has 0 fully saturated rings. The van der Waals surface area contributed by atoms with Gasteiger partial charge in [-0.05, 0) is 35.6 Å². The van der Waals surface area contributed by atoms with Crippen LogP contribution in [0.4, 0.5) is 0 Å². The number of halogens is 2. The Morgan fingerprint density at radius 1 is 1.04 bits per heavy atom. The van der Waals surface area contributed by atoms with Gasteiger partial charge in [-0.15, -0.1) is 0 Å². The van der Waals surface area contributed by atoms with Gasteiger partial charge in [-0.25, -0.2) is 0 Å². The van der Waals surface area contributed by atoms with Crippen LogP contribution < -0.4 is 10.5 Å². The number of carbonyl (C=O) groups is 1. The smallest absolute Gasteiger partial charge is 0.250 e. The number of amides is 1. The maximum Gasteiger partial charge on any atom is 0.250 e. The summed E-state index contributed by atoms with van der Waals surface area (Å²) in [4.78, 5) is 11.2. The number of hydrogen-bond acceptors (Lipinski definition) is 2. The van der Waals surface area contributed by atoms with Crippen LogP contribution >= 0.6 is 23.2 Å². The summed E-state index contributed by atoms with van der Waals surface area (Å²) in [6, 6.07) is 11.4. The zero-order valence-corrected chi connectivity index (χ0v) is 14.6. The molecule has 0 unspecified atom stereocenters. The number of rotatable bonds is 6. The molecule has 0 heterocycles. The molecule has 23 heavy (non-hydrogen) atoms. The lowest BCUT2D eigenvalue weighted by Gasteiger charge is -2.11. The van der Waals surface area contributed by atoms with Gasteiger partial charge in [0.05, 0.1) is 10.6 Å². The lowest BCUT2D eigenvalue weighted by atomic mass is 10.0. The first-order chi connectivity index (χ1) is 10.9. The number of primary amides is 1. The van der Waals surface area contributed by atoms with Crippen LogP contribution in [0.15, 0.2) is 36.4 Å². The first-order valence-electron chi connectivity index (χ1n) is 7.37. The molecule has 0 aliphatic rings. The highest BCUT2D eigenvalue weighted by atomic mass is 35.5. The Labute approximate surface area is 146 Å². The zero-order chi connectivity index (χ0) is 17.0. The van der Waals surface area contributed by atoms with Crippen molar-refractivity contribution in [2.45, 2.75) is 26.9 Å². The van der Waals surface area contributed by atoms with E-state index in [2.05, 4.69) is 26.0 Å². The van der Waals surface area contributed by atoms with Gasteiger partial charge in [0.2, 0.25) is 5.91 Å². The first-order valence-corrected chi connectivity index (χ1v) is 8.12. The van der Waals surface area contributed by atoms with Crippen molar-refractivity contribution < 1.29 is 9.53 Å². The average molecular weight is 352 g/mol. The maximum absolute atomic E-state index is 11.2. The van der Waals surface area contributed by atoms with Crippen LogP contribution in [-0.4, -0.2) is 5.91 Å². The lowest BCUT2D eigenvalue weighted by Crippen LogP contribution is -2.11. The van der Waals surface area contributed by atoms with Gasteiger partial charge < -0.3 is 10.5 Å². The molecule has 1 amide bonds. The summed E-state index contributed by atoms with van der Waals surface area (Å²) in [5.41, 5.74) is 7.74. The zero-order valence-electron chi connectivity index (χ0n) is 13.1. The van der Waals surface area contributed by atoms with E-state index < -0.39 is 5.91 Å². The second-order valence-corrected chi connectivity index (χ2v) is 6.56. The summed E-state index contributed by atoms with van der Waals surface area (Å²) >= 11 is 12.2. The molecule has 0 saturated carbocycles. The molecule has 0 saturated heterocycles. The van der Waals surface area contributed by atoms with Crippen molar-refractivity contribution in [2.75, 3.05) is 0 Å². The molecule has 2 rings (SSSR count). The topological polar surface area (TPSA) is 52.3 Å². The molecule has 5 heteroatoms. The van der Waals surface area contributed by atoms with Crippen molar-refractivity contribution in [3.05, 3.63) is 63.1 Å². The Morgan fingerprint density at radius 2 is 1.65 bits per heavy atom. The summed E-state index contributed by atoms with van der Waals surface area (Å²) < 4.78 is 5.69. The minimum absolute atomic E-state index is 0.115. The van der Waals surface area contributed by atoms with Crippen LogP contribution in [0.1, 0.15) is 35.3 Å². The van der Waals surface area contributed by atoms with Crippen molar-refractivity contribution in [1.82, 2.24) is 0 Å². The van der Waals surface area contributed by atoms with Crippen LogP contribution in [0.25, 0.3) is 0 Å². The largest absolute Gasteiger partial charge is 0.487 e. The summed E-state index contributed by atoms with van der Waals surface area (Å²) in [6.07, 6.45) is 1.05. The number of benzene rings is 2. The van der Waals surface area contributed by atoms with Crippen LogP contribution in [0, 0.1) is 5.92 Å². The average Bonchev–Trinajstić information content (AvgIpc) is 2.49. The number of nitrogens with two attached hydrogens (primary N) is 1. The van der Waals surface area contributed by atoms with Crippen molar-refractivity contribution in [3.8, 4) is 5.75 Å². The summed E-state index contributed by atoms with van der Waals surface area (Å²) in [6.45, 7) is 4.75. The summed E-state index contributed by atoms with van der Waals surface area (Å²) in [7, 11) is 0. The molecule has 0 aliphatic carbocycles. The van der Waals surface area contributed by atoms with Gasteiger partial charge in [0.25, 0.3) is 0 Å². The molecule has 0 spiro atoms. The normalized spacial score (nSPS) is 10.8. The molecule has 0 aliphatic heterocycles. The third kappa shape index (κ3) is 4.63. The van der Waals surface area contributed by atoms with Crippen LogP contribution in [0.3, 0.4) is 0 Å². The van der Waals surface area contributed by atoms with Crippen LogP contribution in [-0.2, 0) is 13.0 Å². The van der Waals surface area contributed by atoms with E-state index in [0.717, 1.165) is 12.0 Å². The second-order valence-electron chi connectivity index (χ2n) is 5.81. The van der Waals surface area contributed by atoms with E-state index >= 15 is 0 Å². The van der Waals surface area contributed by atoms with Gasteiger partial charge in [0.1, 0.15) is 17.4 Å². The fraction of sp³-hybridized carbons (Fsp3) is 0.278. The standard InChI is InChI=1S/C18H19Cl2NO2/c1-11(2)9-12-3-5-13(6-4-12)10-23-15-8-7-14(18(21)22)16(19)17(15)20/h3-8,11H,9-10H2,1-2H3,(H2,21,22). The molecule has 0 radical (unpaired) electrons. The van der Waals surface area contributed by atoms with Crippen LogP contribution in [0.2, 0.25) is 10.0 Å². The Hall–Kier alpha value is -1.71. The van der Waals surface area contributed by atoms with Gasteiger partial charge >= 0.3 is 0 Å². The SMILES string of the molecule is CC(C)Cc1ccc(COc2ccc(C(N)=O)c(Cl)c2Cl)cc1. The Kier molecular flexibility index (Phi) is 5.91. The van der Waals surface area contributed by atoms with E-state index in [1.54, 1.807) is 6.07 Å². The second kappa shape index (κ2) is 7.71. The fourth-order valence-electron chi connectivity index (χ4n) is 2.24. The minimum atomic E-state index is -0.621. The van der Waals surface area contributed by atoms with Gasteiger partial charge in [-0.3, -0.25) is 4.79 Å². The molecule has 0 bridgehead atoms. The Balaban J connectivity index is 2.06. The molecular formula is C18H19Cl2NO2. The highest BCUT2D eigenvalue weighted by molar-refractivity contribution is 6.44. The fourth-order valence-corrected chi connectivity index (χ4v) is 2.71. The Morgan fingerprint density at radius 3 is 2.22 bits per heavy atom. The molecule has 2 N–H and O–H groups in total. The number of ether oxygens (including phenoxy) is 1. The highest BCUT2D eigenvalue weighted by Gasteiger charge is 2.14. The van der Waals surface area contributed by atoms with Gasteiger partial charge in [0.15, 0.2) is 0 Å². The van der Waals surface area contributed by atoms with Gasteiger partial charge in [-0.2, -0.15) is 0 Å². The number of hydrogen-bond donors (Lipinski definition) is 1. The monoisotopic (exact) mass is 351 g/mol. The molecule has 2 aromatic carbocycles. The summed E-state index contributed by atoms with van der Waals surface area (Å²) in [5.74, 6) is 0.430. The predicted octanol–water partition coefficient (Wildman–Crippen LogP) is 4.87. The van der Waals surface area contributed by atoms with Crippen LogP contribution in [0.5, 0.6) is 5.75 Å². The van der Waals surface area contributed by atoms with E-state index in [-0.39, 0.29) is 15.6 Å². The van der Waals surface area contributed by atoms with Crippen molar-refractivity contribution >= 4 is 29.1 Å². The van der Waals surface area contributed by atoms with E-state index in [4.69, 9.17) is 33.7 Å². The van der Waals surface area contributed by atoms with Gasteiger partial charge in [-0.1, -0.05) is 61.3 Å². The predicted molar refractivity (Wildman–Crippen MR) is 94.3 cm³/mol. The van der Waals surface area contributed by atoms with E-state index in [1.807, 2.05) is 12.1 Å².